The lowest BCUT2D eigenvalue weighted by atomic mass is 9.89. The van der Waals surface area contributed by atoms with Crippen LogP contribution in [0.15, 0.2) is 33.3 Å². The number of fused-ring (bicyclic) bond motifs is 1. The summed E-state index contributed by atoms with van der Waals surface area (Å²) in [5, 5.41) is 9.96. The van der Waals surface area contributed by atoms with Crippen molar-refractivity contribution in [2.45, 2.75) is 39.2 Å². The number of aryl methyl sites for hydroxylation is 3. The average molecular weight is 510 g/mol. The van der Waals surface area contributed by atoms with E-state index < -0.39 is 41.4 Å². The highest BCUT2D eigenvalue weighted by atomic mass is 19.1. The summed E-state index contributed by atoms with van der Waals surface area (Å²) in [6.45, 7) is 3.37. The Morgan fingerprint density at radius 2 is 1.78 bits per heavy atom. The lowest BCUT2D eigenvalue weighted by Gasteiger charge is -2.17. The third kappa shape index (κ3) is 4.74. The Morgan fingerprint density at radius 3 is 2.46 bits per heavy atom. The number of amides is 2. The molecule has 0 radical (unpaired) electrons. The first-order valence-electron chi connectivity index (χ1n) is 11.7. The molecule has 1 N–H and O–H groups in total. The van der Waals surface area contributed by atoms with Gasteiger partial charge in [-0.05, 0) is 50.8 Å². The van der Waals surface area contributed by atoms with Gasteiger partial charge in [-0.15, -0.1) is 0 Å². The molecule has 0 bridgehead atoms. The molecule has 37 heavy (non-hydrogen) atoms. The number of cyclic esters (lactones) is 1. The average Bonchev–Trinajstić information content (AvgIpc) is 3.56. The van der Waals surface area contributed by atoms with Gasteiger partial charge < -0.3 is 19.1 Å². The van der Waals surface area contributed by atoms with Crippen LogP contribution in [0.2, 0.25) is 0 Å². The van der Waals surface area contributed by atoms with Crippen LogP contribution in [0.3, 0.4) is 0 Å². The van der Waals surface area contributed by atoms with Gasteiger partial charge in [-0.3, -0.25) is 19.3 Å². The summed E-state index contributed by atoms with van der Waals surface area (Å²) in [6, 6.07) is 5.59. The summed E-state index contributed by atoms with van der Waals surface area (Å²) < 4.78 is 30.5. The van der Waals surface area contributed by atoms with Crippen LogP contribution in [0.5, 0.6) is 0 Å². The number of aromatic nitrogens is 2. The van der Waals surface area contributed by atoms with Gasteiger partial charge >= 0.3 is 6.09 Å². The molecule has 5 rings (SSSR count). The van der Waals surface area contributed by atoms with E-state index in [9.17, 15) is 19.2 Å². The van der Waals surface area contributed by atoms with Crippen molar-refractivity contribution in [2.75, 3.05) is 18.0 Å². The van der Waals surface area contributed by atoms with Crippen LogP contribution in [0.4, 0.5) is 14.9 Å². The zero-order chi connectivity index (χ0) is 26.3. The second-order valence-corrected chi connectivity index (χ2v) is 9.11. The first kappa shape index (κ1) is 24.3. The minimum absolute atomic E-state index is 0.0181. The molecule has 3 aromatic rings. The second-order valence-electron chi connectivity index (χ2n) is 9.11. The van der Waals surface area contributed by atoms with Gasteiger partial charge in [-0.2, -0.15) is 0 Å². The summed E-state index contributed by atoms with van der Waals surface area (Å²) in [5.41, 5.74) is 0.628. The van der Waals surface area contributed by atoms with Crippen LogP contribution in [-0.2, 0) is 11.2 Å². The number of carbonyl (C=O) groups excluding carboxylic acids is 4. The summed E-state index contributed by atoms with van der Waals surface area (Å²) in [5.74, 6) is -2.57. The number of rotatable bonds is 6. The first-order valence-corrected chi connectivity index (χ1v) is 11.7. The Kier molecular flexibility index (Phi) is 6.32. The molecule has 0 spiro atoms. The highest BCUT2D eigenvalue weighted by Crippen LogP contribution is 2.33. The van der Waals surface area contributed by atoms with Crippen molar-refractivity contribution >= 4 is 29.3 Å². The molecular formula is C25H23FN4O7. The van der Waals surface area contributed by atoms with Gasteiger partial charge in [0.2, 0.25) is 0 Å². The van der Waals surface area contributed by atoms with Gasteiger partial charge in [-0.25, -0.2) is 9.18 Å². The number of nitrogens with one attached hydrogen (secondary N) is 1. The number of ketones is 2. The fraction of sp³-hybridized carbons (Fsp3) is 0.360. The maximum absolute atomic E-state index is 15.3. The number of benzene rings is 1. The quantitative estimate of drug-likeness (QED) is 0.300. The van der Waals surface area contributed by atoms with E-state index in [1.54, 1.807) is 19.9 Å². The number of ether oxygens (including phenoxy) is 1. The van der Waals surface area contributed by atoms with Gasteiger partial charge in [0.15, 0.2) is 23.0 Å². The Labute approximate surface area is 209 Å². The zero-order valence-electron chi connectivity index (χ0n) is 20.1. The van der Waals surface area contributed by atoms with Crippen LogP contribution in [-0.4, -0.2) is 53.1 Å². The summed E-state index contributed by atoms with van der Waals surface area (Å²) in [4.78, 5) is 52.1. The second kappa shape index (κ2) is 9.60. The normalized spacial score (nSPS) is 19.4. The van der Waals surface area contributed by atoms with Crippen LogP contribution in [0.1, 0.15) is 61.3 Å². The molecule has 1 saturated heterocycles. The lowest BCUT2D eigenvalue weighted by molar-refractivity contribution is 0.0793. The molecule has 2 aromatic heterocycles. The van der Waals surface area contributed by atoms with E-state index in [0.717, 1.165) is 6.07 Å². The fourth-order valence-corrected chi connectivity index (χ4v) is 4.60. The van der Waals surface area contributed by atoms with Crippen molar-refractivity contribution in [2.24, 2.45) is 5.92 Å². The molecule has 1 unspecified atom stereocenters. The minimum Gasteiger partial charge on any atom is -0.442 e. The number of nitrogens with zero attached hydrogens (tertiary/aromatic N) is 3. The van der Waals surface area contributed by atoms with E-state index in [4.69, 9.17) is 13.8 Å². The fourth-order valence-electron chi connectivity index (χ4n) is 4.60. The van der Waals surface area contributed by atoms with Gasteiger partial charge in [0.25, 0.3) is 5.91 Å². The van der Waals surface area contributed by atoms with Crippen molar-refractivity contribution in [1.29, 1.82) is 0 Å². The van der Waals surface area contributed by atoms with Crippen molar-refractivity contribution in [3.8, 4) is 0 Å². The maximum atomic E-state index is 15.3. The predicted octanol–water partition coefficient (Wildman–Crippen LogP) is 3.19. The van der Waals surface area contributed by atoms with E-state index in [2.05, 4.69) is 15.6 Å². The molecule has 192 valence electrons. The molecule has 1 aromatic carbocycles. The van der Waals surface area contributed by atoms with E-state index >= 15 is 4.39 Å². The van der Waals surface area contributed by atoms with E-state index in [1.807, 2.05) is 0 Å². The van der Waals surface area contributed by atoms with Gasteiger partial charge in [0.05, 0.1) is 30.3 Å². The number of carbonyl (C=O) groups is 4. The molecule has 1 aliphatic carbocycles. The molecular weight excluding hydrogens is 487 g/mol. The van der Waals surface area contributed by atoms with Crippen LogP contribution in [0, 0.1) is 25.6 Å². The SMILES string of the molecule is Cc1cc(C(=O)NC[C@H]2CN(c3cc(F)c4c(c3)CCCC(C(=O)c3cc(C)on3)C4=O)C(=O)O2)no1. The highest BCUT2D eigenvalue weighted by Gasteiger charge is 2.37. The standard InChI is InChI=1S/C25H23FN4O7/c1-12-6-19(28-36-12)22(31)17-5-3-4-14-8-15(9-18(26)21(14)23(17)32)30-11-16(35-25(30)34)10-27-24(33)20-7-13(2)37-29-20/h6-9,16-17H,3-5,10-11H2,1-2H3,(H,27,33)/t16-,17?/m0/s1. The monoisotopic (exact) mass is 510 g/mol. The zero-order valence-corrected chi connectivity index (χ0v) is 20.1. The Bertz CT molecular complexity index is 1410. The molecule has 2 atom stereocenters. The topological polar surface area (TPSA) is 145 Å². The van der Waals surface area contributed by atoms with Crippen molar-refractivity contribution in [3.63, 3.8) is 0 Å². The van der Waals surface area contributed by atoms with Crippen LogP contribution >= 0.6 is 0 Å². The Morgan fingerprint density at radius 1 is 1.08 bits per heavy atom. The van der Waals surface area contributed by atoms with Gasteiger partial charge in [0.1, 0.15) is 23.4 Å². The summed E-state index contributed by atoms with van der Waals surface area (Å²) >= 11 is 0. The number of Topliss-reactive ketones (excluding diaryl/α,β-unsaturated/α-hetero) is 2. The molecule has 3 heterocycles. The molecule has 12 heteroatoms. The van der Waals surface area contributed by atoms with Gasteiger partial charge in [0, 0.05) is 12.1 Å². The number of halogens is 1. The van der Waals surface area contributed by atoms with Gasteiger partial charge in [-0.1, -0.05) is 10.3 Å². The third-order valence-electron chi connectivity index (χ3n) is 6.39. The smallest absolute Gasteiger partial charge is 0.414 e. The number of anilines is 1. The van der Waals surface area contributed by atoms with Crippen molar-refractivity contribution in [3.05, 3.63) is 64.1 Å². The number of hydrogen-bond donors (Lipinski definition) is 1. The van der Waals surface area contributed by atoms with E-state index in [-0.39, 0.29) is 42.1 Å². The van der Waals surface area contributed by atoms with E-state index in [1.165, 1.54) is 17.0 Å². The largest absolute Gasteiger partial charge is 0.442 e. The molecule has 2 aliphatic rings. The van der Waals surface area contributed by atoms with Crippen LogP contribution in [0.25, 0.3) is 0 Å². The number of hydrogen-bond acceptors (Lipinski definition) is 9. The summed E-state index contributed by atoms with van der Waals surface area (Å²) in [6.07, 6.45) is -0.320. The first-order chi connectivity index (χ1) is 17.7. The molecule has 0 saturated carbocycles. The molecule has 11 nitrogen and oxygen atoms in total. The predicted molar refractivity (Wildman–Crippen MR) is 124 cm³/mol. The highest BCUT2D eigenvalue weighted by molar-refractivity contribution is 6.16. The van der Waals surface area contributed by atoms with Crippen molar-refractivity contribution in [1.82, 2.24) is 15.6 Å². The Balaban J connectivity index is 1.31. The van der Waals surface area contributed by atoms with E-state index in [0.29, 0.717) is 29.9 Å². The Hall–Kier alpha value is -4.35. The molecule has 1 aliphatic heterocycles. The lowest BCUT2D eigenvalue weighted by Crippen LogP contribution is -2.34. The summed E-state index contributed by atoms with van der Waals surface area (Å²) in [7, 11) is 0. The maximum Gasteiger partial charge on any atom is 0.414 e. The molecule has 2 amide bonds. The molecule has 1 fully saturated rings. The third-order valence-corrected chi connectivity index (χ3v) is 6.39. The minimum atomic E-state index is -1.07. The van der Waals surface area contributed by atoms with Crippen molar-refractivity contribution < 1.29 is 37.4 Å². The van der Waals surface area contributed by atoms with Crippen LogP contribution < -0.4 is 10.2 Å².